The highest BCUT2D eigenvalue weighted by atomic mass is 19.4. The van der Waals surface area contributed by atoms with E-state index in [1.165, 1.54) is 4.90 Å². The predicted molar refractivity (Wildman–Crippen MR) is 42.9 cm³/mol. The number of nitrogens with zero attached hydrogens (tertiary/aromatic N) is 2. The summed E-state index contributed by atoms with van der Waals surface area (Å²) in [5.41, 5.74) is 0. The molecule has 0 bridgehead atoms. The van der Waals surface area contributed by atoms with Gasteiger partial charge in [0.1, 0.15) is 13.1 Å². The molecule has 0 N–H and O–H groups in total. The fraction of sp³-hybridized carbons (Fsp3) is 0.750. The van der Waals surface area contributed by atoms with Crippen LogP contribution in [0.15, 0.2) is 0 Å². The lowest BCUT2D eigenvalue weighted by Gasteiger charge is -2.17. The van der Waals surface area contributed by atoms with Crippen molar-refractivity contribution in [3.8, 4) is 0 Å². The fourth-order valence-corrected chi connectivity index (χ4v) is 1.57. The van der Waals surface area contributed by atoms with E-state index in [-0.39, 0.29) is 17.5 Å². The molecule has 1 saturated carbocycles. The molecule has 1 heterocycles. The molecule has 0 spiro atoms. The molecule has 1 aliphatic carbocycles. The summed E-state index contributed by atoms with van der Waals surface area (Å²) in [6.07, 6.45) is -2.97. The molecule has 15 heavy (non-hydrogen) atoms. The van der Waals surface area contributed by atoms with Gasteiger partial charge in [-0.2, -0.15) is 13.2 Å². The van der Waals surface area contributed by atoms with Crippen molar-refractivity contribution in [1.82, 2.24) is 9.80 Å². The molecule has 0 aromatic heterocycles. The van der Waals surface area contributed by atoms with Gasteiger partial charge in [0.15, 0.2) is 0 Å². The normalized spacial score (nSPS) is 22.9. The minimum Gasteiger partial charge on any atom is -0.312 e. The summed E-state index contributed by atoms with van der Waals surface area (Å²) in [4.78, 5) is 24.1. The molecule has 3 amide bonds. The second-order valence-corrected chi connectivity index (χ2v) is 3.74. The molecule has 2 fully saturated rings. The Morgan fingerprint density at radius 2 is 1.87 bits per heavy atom. The van der Waals surface area contributed by atoms with Gasteiger partial charge in [0.2, 0.25) is 0 Å². The number of hydrogen-bond acceptors (Lipinski definition) is 2. The van der Waals surface area contributed by atoms with Crippen molar-refractivity contribution in [2.75, 3.05) is 13.1 Å². The van der Waals surface area contributed by atoms with Crippen molar-refractivity contribution >= 4 is 11.9 Å². The fourth-order valence-electron chi connectivity index (χ4n) is 1.57. The first-order chi connectivity index (χ1) is 6.88. The number of carbonyl (C=O) groups excluding carboxylic acids is 2. The molecular formula is C8H9F3N2O2. The Bertz CT molecular complexity index is 311. The zero-order valence-electron chi connectivity index (χ0n) is 7.75. The first-order valence-electron chi connectivity index (χ1n) is 4.56. The average Bonchev–Trinajstić information content (AvgIpc) is 2.87. The van der Waals surface area contributed by atoms with Gasteiger partial charge in [-0.15, -0.1) is 0 Å². The van der Waals surface area contributed by atoms with Crippen molar-refractivity contribution in [2.45, 2.75) is 25.1 Å². The minimum absolute atomic E-state index is 0.0281. The number of rotatable bonds is 2. The van der Waals surface area contributed by atoms with Gasteiger partial charge in [0.25, 0.3) is 5.91 Å². The molecule has 0 aromatic carbocycles. The summed E-state index contributed by atoms with van der Waals surface area (Å²) in [6, 6.07) is -0.834. The number of halogens is 3. The lowest BCUT2D eigenvalue weighted by atomic mass is 10.5. The maximum Gasteiger partial charge on any atom is 0.406 e. The van der Waals surface area contributed by atoms with E-state index in [1.54, 1.807) is 0 Å². The molecule has 4 nitrogen and oxygen atoms in total. The Balaban J connectivity index is 2.06. The van der Waals surface area contributed by atoms with Crippen LogP contribution in [0.3, 0.4) is 0 Å². The predicted octanol–water partition coefficient (Wildman–Crippen LogP) is 0.975. The molecule has 1 aliphatic heterocycles. The van der Waals surface area contributed by atoms with Gasteiger partial charge in [0, 0.05) is 6.04 Å². The summed E-state index contributed by atoms with van der Waals surface area (Å²) in [7, 11) is 0. The number of hydrogen-bond donors (Lipinski definition) is 0. The second-order valence-electron chi connectivity index (χ2n) is 3.74. The number of carbonyl (C=O) groups is 2. The Morgan fingerprint density at radius 3 is 2.33 bits per heavy atom. The van der Waals surface area contributed by atoms with Crippen molar-refractivity contribution in [3.05, 3.63) is 0 Å². The molecule has 2 aliphatic rings. The van der Waals surface area contributed by atoms with Crippen molar-refractivity contribution in [2.24, 2.45) is 0 Å². The third-order valence-electron chi connectivity index (χ3n) is 2.41. The summed E-state index contributed by atoms with van der Waals surface area (Å²) < 4.78 is 36.1. The number of amides is 3. The van der Waals surface area contributed by atoms with Crippen LogP contribution in [0.1, 0.15) is 12.8 Å². The summed E-state index contributed by atoms with van der Waals surface area (Å²) in [5, 5.41) is 0. The molecule has 2 rings (SSSR count). The van der Waals surface area contributed by atoms with E-state index in [0.717, 1.165) is 12.8 Å². The zero-order chi connectivity index (χ0) is 11.2. The smallest absolute Gasteiger partial charge is 0.312 e. The van der Waals surface area contributed by atoms with Gasteiger partial charge in [-0.1, -0.05) is 0 Å². The Kier molecular flexibility index (Phi) is 2.13. The highest BCUT2D eigenvalue weighted by molar-refractivity contribution is 6.02. The van der Waals surface area contributed by atoms with E-state index in [0.29, 0.717) is 0 Å². The lowest BCUT2D eigenvalue weighted by Crippen LogP contribution is -2.40. The van der Waals surface area contributed by atoms with Crippen LogP contribution in [0, 0.1) is 0 Å². The van der Waals surface area contributed by atoms with Crippen LogP contribution < -0.4 is 0 Å². The lowest BCUT2D eigenvalue weighted by molar-refractivity contribution is -0.151. The Labute approximate surface area is 83.6 Å². The molecule has 84 valence electrons. The van der Waals surface area contributed by atoms with E-state index in [2.05, 4.69) is 0 Å². The van der Waals surface area contributed by atoms with Gasteiger partial charge in [-0.05, 0) is 12.8 Å². The first kappa shape index (κ1) is 10.3. The number of imide groups is 1. The van der Waals surface area contributed by atoms with Crippen LogP contribution in [0.5, 0.6) is 0 Å². The maximum absolute atomic E-state index is 12.0. The SMILES string of the molecule is O=C1CN(C2CC2)C(=O)N1CC(F)(F)F. The zero-order valence-corrected chi connectivity index (χ0v) is 7.75. The van der Waals surface area contributed by atoms with Crippen molar-refractivity contribution < 1.29 is 22.8 Å². The van der Waals surface area contributed by atoms with E-state index in [9.17, 15) is 22.8 Å². The van der Waals surface area contributed by atoms with Crippen molar-refractivity contribution in [1.29, 1.82) is 0 Å². The third-order valence-corrected chi connectivity index (χ3v) is 2.41. The molecule has 0 atom stereocenters. The van der Waals surface area contributed by atoms with E-state index >= 15 is 0 Å². The first-order valence-corrected chi connectivity index (χ1v) is 4.56. The van der Waals surface area contributed by atoms with E-state index < -0.39 is 24.7 Å². The summed E-state index contributed by atoms with van der Waals surface area (Å²) >= 11 is 0. The minimum atomic E-state index is -4.52. The number of alkyl halides is 3. The largest absolute Gasteiger partial charge is 0.406 e. The van der Waals surface area contributed by atoms with E-state index in [1.807, 2.05) is 0 Å². The molecule has 0 unspecified atom stereocenters. The average molecular weight is 222 g/mol. The highest BCUT2D eigenvalue weighted by Crippen LogP contribution is 2.31. The Hall–Kier alpha value is -1.27. The van der Waals surface area contributed by atoms with Gasteiger partial charge < -0.3 is 4.90 Å². The Morgan fingerprint density at radius 1 is 1.27 bits per heavy atom. The molecule has 7 heteroatoms. The quantitative estimate of drug-likeness (QED) is 0.653. The number of urea groups is 1. The van der Waals surface area contributed by atoms with Crippen LogP contribution in [0.25, 0.3) is 0 Å². The van der Waals surface area contributed by atoms with Gasteiger partial charge >= 0.3 is 12.2 Å². The topological polar surface area (TPSA) is 40.6 Å². The molecule has 0 radical (unpaired) electrons. The highest BCUT2D eigenvalue weighted by Gasteiger charge is 2.47. The second kappa shape index (κ2) is 3.11. The maximum atomic E-state index is 12.0. The van der Waals surface area contributed by atoms with Gasteiger partial charge in [0.05, 0.1) is 0 Å². The molecule has 1 saturated heterocycles. The summed E-state index contributed by atoms with van der Waals surface area (Å²) in [5.74, 6) is -0.760. The van der Waals surface area contributed by atoms with E-state index in [4.69, 9.17) is 0 Å². The molecule has 0 aromatic rings. The van der Waals surface area contributed by atoms with Crippen molar-refractivity contribution in [3.63, 3.8) is 0 Å². The standard InChI is InChI=1S/C8H9F3N2O2/c9-8(10,11)4-13-6(14)3-12(7(13)15)5-1-2-5/h5H,1-4H2. The summed E-state index contributed by atoms with van der Waals surface area (Å²) in [6.45, 7) is -1.69. The van der Waals surface area contributed by atoms with Crippen LogP contribution in [0.4, 0.5) is 18.0 Å². The molecular weight excluding hydrogens is 213 g/mol. The van der Waals surface area contributed by atoms with Crippen LogP contribution in [-0.4, -0.2) is 47.0 Å². The van der Waals surface area contributed by atoms with Gasteiger partial charge in [-0.25, -0.2) is 4.79 Å². The van der Waals surface area contributed by atoms with Crippen LogP contribution in [-0.2, 0) is 4.79 Å². The van der Waals surface area contributed by atoms with Gasteiger partial charge in [-0.3, -0.25) is 9.69 Å². The monoisotopic (exact) mass is 222 g/mol. The van der Waals surface area contributed by atoms with Crippen LogP contribution >= 0.6 is 0 Å². The third kappa shape index (κ3) is 2.05. The van der Waals surface area contributed by atoms with Crippen LogP contribution in [0.2, 0.25) is 0 Å².